The van der Waals surface area contributed by atoms with Gasteiger partial charge in [-0.25, -0.2) is 0 Å². The van der Waals surface area contributed by atoms with Gasteiger partial charge in [-0.3, -0.25) is 0 Å². The molecule has 0 fully saturated rings. The van der Waals surface area contributed by atoms with Gasteiger partial charge in [0.15, 0.2) is 0 Å². The Balaban J connectivity index is 2.80. The number of rotatable bonds is 6. The van der Waals surface area contributed by atoms with E-state index in [0.29, 0.717) is 36.2 Å². The molecule has 0 saturated heterocycles. The van der Waals surface area contributed by atoms with Gasteiger partial charge in [-0.05, 0) is 55.8 Å². The number of hydrogen-bond acceptors (Lipinski definition) is 1. The van der Waals surface area contributed by atoms with Gasteiger partial charge < -0.3 is 5.11 Å². The Morgan fingerprint density at radius 3 is 2.61 bits per heavy atom. The van der Waals surface area contributed by atoms with Crippen molar-refractivity contribution in [3.05, 3.63) is 24.3 Å². The minimum absolute atomic E-state index is 0.333. The van der Waals surface area contributed by atoms with Crippen molar-refractivity contribution < 1.29 is 5.11 Å². The van der Waals surface area contributed by atoms with E-state index in [0.717, 1.165) is 12.8 Å². The van der Waals surface area contributed by atoms with Crippen molar-refractivity contribution in [2.75, 3.05) is 6.61 Å². The lowest BCUT2D eigenvalue weighted by atomic mass is 9.66. The third kappa shape index (κ3) is 3.71. The second kappa shape index (κ2) is 7.13. The summed E-state index contributed by atoms with van der Waals surface area (Å²) in [6.45, 7) is 13.3. The van der Waals surface area contributed by atoms with Crippen LogP contribution in [0.25, 0.3) is 0 Å². The summed E-state index contributed by atoms with van der Waals surface area (Å²) in [6.07, 6.45) is 7.82. The molecule has 1 aliphatic carbocycles. The normalized spacial score (nSPS) is 30.1. The Kier molecular flexibility index (Phi) is 6.14. The van der Waals surface area contributed by atoms with E-state index in [9.17, 15) is 5.11 Å². The first-order chi connectivity index (χ1) is 8.51. The zero-order valence-corrected chi connectivity index (χ0v) is 12.5. The van der Waals surface area contributed by atoms with Crippen LogP contribution in [0.4, 0.5) is 0 Å². The first-order valence-corrected chi connectivity index (χ1v) is 7.39. The topological polar surface area (TPSA) is 20.2 Å². The second-order valence-electron chi connectivity index (χ2n) is 6.41. The highest BCUT2D eigenvalue weighted by molar-refractivity contribution is 5.12. The molecule has 1 unspecified atom stereocenters. The fraction of sp³-hybridized carbons (Fsp3) is 0.765. The molecule has 18 heavy (non-hydrogen) atoms. The minimum atomic E-state index is 0.333. The highest BCUT2D eigenvalue weighted by atomic mass is 16.3. The Morgan fingerprint density at radius 2 is 2.11 bits per heavy atom. The number of aliphatic hydroxyl groups excluding tert-OH is 1. The maximum Gasteiger partial charge on any atom is 0.0467 e. The molecular formula is C17H30O. The lowest BCUT2D eigenvalue weighted by Crippen LogP contribution is -2.34. The number of hydrogen-bond donors (Lipinski definition) is 1. The quantitative estimate of drug-likeness (QED) is 0.691. The Labute approximate surface area is 113 Å². The van der Waals surface area contributed by atoms with Crippen LogP contribution in [-0.4, -0.2) is 11.7 Å². The third-order valence-electron chi connectivity index (χ3n) is 4.66. The van der Waals surface area contributed by atoms with Gasteiger partial charge in [0.2, 0.25) is 0 Å². The van der Waals surface area contributed by atoms with Gasteiger partial charge in [-0.1, -0.05) is 38.5 Å². The van der Waals surface area contributed by atoms with Crippen LogP contribution < -0.4 is 0 Å². The van der Waals surface area contributed by atoms with E-state index < -0.39 is 0 Å². The van der Waals surface area contributed by atoms with Gasteiger partial charge in [0, 0.05) is 6.61 Å². The molecule has 0 bridgehead atoms. The van der Waals surface area contributed by atoms with E-state index in [-0.39, 0.29) is 0 Å². The average Bonchev–Trinajstić information content (AvgIpc) is 2.31. The smallest absolute Gasteiger partial charge is 0.0467 e. The third-order valence-corrected chi connectivity index (χ3v) is 4.66. The molecule has 1 aliphatic rings. The summed E-state index contributed by atoms with van der Waals surface area (Å²) in [5.74, 6) is 2.97. The second-order valence-corrected chi connectivity index (χ2v) is 6.41. The molecule has 1 nitrogen and oxygen atoms in total. The zero-order valence-electron chi connectivity index (χ0n) is 12.5. The molecule has 0 radical (unpaired) electrons. The molecule has 1 rings (SSSR count). The summed E-state index contributed by atoms with van der Waals surface area (Å²) >= 11 is 0. The van der Waals surface area contributed by atoms with Gasteiger partial charge in [0.05, 0.1) is 0 Å². The Bertz CT molecular complexity index is 290. The van der Waals surface area contributed by atoms with Gasteiger partial charge in [-0.2, -0.15) is 0 Å². The van der Waals surface area contributed by atoms with Crippen LogP contribution in [-0.2, 0) is 0 Å². The molecule has 0 amide bonds. The fourth-order valence-electron chi connectivity index (χ4n) is 3.49. The maximum atomic E-state index is 9.79. The summed E-state index contributed by atoms with van der Waals surface area (Å²) in [5.41, 5.74) is 1.49. The van der Waals surface area contributed by atoms with Gasteiger partial charge in [0.1, 0.15) is 0 Å². The number of aliphatic hydroxyl groups is 1. The van der Waals surface area contributed by atoms with Crippen LogP contribution in [0.2, 0.25) is 0 Å². The molecule has 104 valence electrons. The highest BCUT2D eigenvalue weighted by Crippen LogP contribution is 2.41. The molecule has 0 aromatic rings. The summed E-state index contributed by atoms with van der Waals surface area (Å²) in [6, 6.07) is 0. The summed E-state index contributed by atoms with van der Waals surface area (Å²) in [5, 5.41) is 9.79. The molecule has 0 spiro atoms. The summed E-state index contributed by atoms with van der Waals surface area (Å²) in [7, 11) is 0. The Hall–Kier alpha value is -0.560. The zero-order chi connectivity index (χ0) is 13.7. The highest BCUT2D eigenvalue weighted by Gasteiger charge is 2.34. The van der Waals surface area contributed by atoms with Crippen molar-refractivity contribution in [2.45, 2.75) is 47.0 Å². The van der Waals surface area contributed by atoms with Gasteiger partial charge >= 0.3 is 0 Å². The molecule has 0 saturated carbocycles. The van der Waals surface area contributed by atoms with E-state index in [4.69, 9.17) is 0 Å². The van der Waals surface area contributed by atoms with Crippen molar-refractivity contribution in [3.8, 4) is 0 Å². The van der Waals surface area contributed by atoms with Crippen LogP contribution in [0.3, 0.4) is 0 Å². The standard InChI is InChI=1S/C17H30O/c1-6-7-13(4)10-16-14(5)8-9-15(12(2)3)17(16)11-18/h6,8,12-13,15-18H,1,7,9-11H2,2-5H3/t13?,15-,16+,17-/m1/s1. The van der Waals surface area contributed by atoms with Crippen molar-refractivity contribution in [1.29, 1.82) is 0 Å². The van der Waals surface area contributed by atoms with E-state index >= 15 is 0 Å². The van der Waals surface area contributed by atoms with Crippen LogP contribution in [0, 0.1) is 29.6 Å². The largest absolute Gasteiger partial charge is 0.396 e. The molecule has 0 aromatic carbocycles. The van der Waals surface area contributed by atoms with Crippen molar-refractivity contribution >= 4 is 0 Å². The van der Waals surface area contributed by atoms with E-state index in [1.165, 1.54) is 12.0 Å². The maximum absolute atomic E-state index is 9.79. The predicted molar refractivity (Wildman–Crippen MR) is 79.4 cm³/mol. The van der Waals surface area contributed by atoms with Crippen LogP contribution in [0.1, 0.15) is 47.0 Å². The summed E-state index contributed by atoms with van der Waals surface area (Å²) in [4.78, 5) is 0. The lowest BCUT2D eigenvalue weighted by molar-refractivity contribution is 0.0904. The molecule has 4 atom stereocenters. The molecule has 0 heterocycles. The number of allylic oxidation sites excluding steroid dienone is 3. The van der Waals surface area contributed by atoms with Crippen LogP contribution in [0.5, 0.6) is 0 Å². The van der Waals surface area contributed by atoms with Crippen molar-refractivity contribution in [1.82, 2.24) is 0 Å². The molecular weight excluding hydrogens is 220 g/mol. The van der Waals surface area contributed by atoms with Crippen LogP contribution in [0.15, 0.2) is 24.3 Å². The summed E-state index contributed by atoms with van der Waals surface area (Å²) < 4.78 is 0. The minimum Gasteiger partial charge on any atom is -0.396 e. The molecule has 0 aliphatic heterocycles. The lowest BCUT2D eigenvalue weighted by Gasteiger charge is -2.40. The molecule has 1 N–H and O–H groups in total. The van der Waals surface area contributed by atoms with Crippen LogP contribution >= 0.6 is 0 Å². The van der Waals surface area contributed by atoms with Crippen molar-refractivity contribution in [3.63, 3.8) is 0 Å². The van der Waals surface area contributed by atoms with E-state index in [1.807, 2.05) is 6.08 Å². The Morgan fingerprint density at radius 1 is 1.44 bits per heavy atom. The first-order valence-electron chi connectivity index (χ1n) is 7.39. The first kappa shape index (κ1) is 15.5. The van der Waals surface area contributed by atoms with Gasteiger partial charge in [0.25, 0.3) is 0 Å². The average molecular weight is 250 g/mol. The molecule has 1 heteroatoms. The van der Waals surface area contributed by atoms with Crippen molar-refractivity contribution in [2.24, 2.45) is 29.6 Å². The monoisotopic (exact) mass is 250 g/mol. The SMILES string of the molecule is C=CCC(C)C[C@H]1C(C)=CC[C@H](C(C)C)[C@H]1CO. The van der Waals surface area contributed by atoms with E-state index in [2.05, 4.69) is 40.3 Å². The molecule has 0 aromatic heterocycles. The fourth-order valence-corrected chi connectivity index (χ4v) is 3.49. The van der Waals surface area contributed by atoms with E-state index in [1.54, 1.807) is 0 Å². The predicted octanol–water partition coefficient (Wildman–Crippen LogP) is 4.44. The van der Waals surface area contributed by atoms with Gasteiger partial charge in [-0.15, -0.1) is 6.58 Å².